The van der Waals surface area contributed by atoms with E-state index >= 15 is 0 Å². The van der Waals surface area contributed by atoms with Crippen molar-refractivity contribution in [1.29, 1.82) is 0 Å². The summed E-state index contributed by atoms with van der Waals surface area (Å²) in [4.78, 5) is 11.5. The number of ether oxygens (including phenoxy) is 1. The fraction of sp³-hybridized carbons (Fsp3) is 0.444. The molecule has 0 spiro atoms. The van der Waals surface area contributed by atoms with E-state index in [1.165, 1.54) is 18.6 Å². The van der Waals surface area contributed by atoms with E-state index in [0.717, 1.165) is 11.3 Å². The van der Waals surface area contributed by atoms with Gasteiger partial charge in [-0.2, -0.15) is 0 Å². The maximum Gasteiger partial charge on any atom is 0.338 e. The number of thiophene rings is 1. The molecule has 0 aliphatic carbocycles. The molecule has 1 rings (SSSR count). The summed E-state index contributed by atoms with van der Waals surface area (Å²) in [6.45, 7) is -0.535. The lowest BCUT2D eigenvalue weighted by Crippen LogP contribution is -2.21. The van der Waals surface area contributed by atoms with Crippen LogP contribution in [0.25, 0.3) is 0 Å². The highest BCUT2D eigenvalue weighted by Crippen LogP contribution is 2.24. The van der Waals surface area contributed by atoms with Gasteiger partial charge in [0.25, 0.3) is 0 Å². The molecule has 0 fully saturated rings. The first kappa shape index (κ1) is 12.1. The van der Waals surface area contributed by atoms with Crippen LogP contribution in [0.2, 0.25) is 0 Å². The first-order chi connectivity index (χ1) is 7.10. The number of rotatable bonds is 4. The Hall–Kier alpha value is -0.950. The topological polar surface area (TPSA) is 87.0 Å². The number of methoxy groups -OCH3 is 1. The van der Waals surface area contributed by atoms with Gasteiger partial charge >= 0.3 is 5.97 Å². The standard InChI is InChI=1S/C9H12O5S/c1-14-9(13)5-2-7(15-4-5)8(12)6(11)3-10/h2,4,6,8,10-12H,3H2,1H3. The van der Waals surface area contributed by atoms with Crippen molar-refractivity contribution in [2.75, 3.05) is 13.7 Å². The molecule has 5 nitrogen and oxygen atoms in total. The van der Waals surface area contributed by atoms with Crippen LogP contribution in [0.15, 0.2) is 11.4 Å². The molecule has 2 atom stereocenters. The minimum Gasteiger partial charge on any atom is -0.465 e. The largest absolute Gasteiger partial charge is 0.465 e. The van der Waals surface area contributed by atoms with Crippen LogP contribution < -0.4 is 0 Å². The van der Waals surface area contributed by atoms with Crippen molar-refractivity contribution >= 4 is 17.3 Å². The first-order valence-electron chi connectivity index (χ1n) is 4.24. The lowest BCUT2D eigenvalue weighted by atomic mass is 10.1. The predicted octanol–water partition coefficient (Wildman–Crippen LogP) is -0.0787. The molecule has 2 unspecified atom stereocenters. The summed E-state index contributed by atoms with van der Waals surface area (Å²) in [6.07, 6.45) is -2.42. The molecular formula is C9H12O5S. The highest BCUT2D eigenvalue weighted by Gasteiger charge is 2.20. The van der Waals surface area contributed by atoms with Gasteiger partial charge in [0.1, 0.15) is 12.2 Å². The molecule has 6 heteroatoms. The van der Waals surface area contributed by atoms with E-state index in [1.54, 1.807) is 0 Å². The Morgan fingerprint density at radius 2 is 2.27 bits per heavy atom. The zero-order chi connectivity index (χ0) is 11.4. The maximum absolute atomic E-state index is 11.1. The fourth-order valence-electron chi connectivity index (χ4n) is 1.02. The van der Waals surface area contributed by atoms with Gasteiger partial charge in [-0.3, -0.25) is 0 Å². The Balaban J connectivity index is 2.79. The van der Waals surface area contributed by atoms with Crippen molar-refractivity contribution in [3.8, 4) is 0 Å². The van der Waals surface area contributed by atoms with Gasteiger partial charge in [-0.25, -0.2) is 4.79 Å². The average molecular weight is 232 g/mol. The predicted molar refractivity (Wildman–Crippen MR) is 53.7 cm³/mol. The molecule has 1 aromatic rings. The number of esters is 1. The van der Waals surface area contributed by atoms with Crippen molar-refractivity contribution in [3.05, 3.63) is 21.9 Å². The maximum atomic E-state index is 11.1. The quantitative estimate of drug-likeness (QED) is 0.632. The molecule has 0 saturated heterocycles. The molecule has 0 radical (unpaired) electrons. The summed E-state index contributed by atoms with van der Waals surface area (Å²) >= 11 is 1.12. The third kappa shape index (κ3) is 2.75. The molecular weight excluding hydrogens is 220 g/mol. The monoisotopic (exact) mass is 232 g/mol. The number of carbonyl (C=O) groups excluding carboxylic acids is 1. The van der Waals surface area contributed by atoms with Crippen LogP contribution in [-0.2, 0) is 4.74 Å². The van der Waals surface area contributed by atoms with Gasteiger partial charge in [-0.15, -0.1) is 11.3 Å². The molecule has 0 aliphatic rings. The van der Waals surface area contributed by atoms with Gasteiger partial charge in [0.05, 0.1) is 19.3 Å². The van der Waals surface area contributed by atoms with Gasteiger partial charge in [-0.05, 0) is 6.07 Å². The molecule has 1 heterocycles. The van der Waals surface area contributed by atoms with E-state index in [2.05, 4.69) is 4.74 Å². The minimum atomic E-state index is -1.24. The normalized spacial score (nSPS) is 14.7. The Morgan fingerprint density at radius 3 is 2.80 bits per heavy atom. The molecule has 0 aromatic carbocycles. The highest BCUT2D eigenvalue weighted by atomic mass is 32.1. The molecule has 0 amide bonds. The van der Waals surface area contributed by atoms with Gasteiger partial charge in [0.15, 0.2) is 0 Å². The third-order valence-corrected chi connectivity index (χ3v) is 2.89. The summed E-state index contributed by atoms with van der Waals surface area (Å²) in [7, 11) is 1.26. The van der Waals surface area contributed by atoms with E-state index in [1.807, 2.05) is 0 Å². The molecule has 84 valence electrons. The Morgan fingerprint density at radius 1 is 1.60 bits per heavy atom. The number of hydrogen-bond donors (Lipinski definition) is 3. The number of aliphatic hydroxyl groups is 3. The van der Waals surface area contributed by atoms with E-state index in [-0.39, 0.29) is 0 Å². The highest BCUT2D eigenvalue weighted by molar-refractivity contribution is 7.10. The summed E-state index contributed by atoms with van der Waals surface area (Å²) in [6, 6.07) is 1.43. The van der Waals surface area contributed by atoms with Crippen molar-refractivity contribution in [2.24, 2.45) is 0 Å². The average Bonchev–Trinajstić information content (AvgIpc) is 2.75. The van der Waals surface area contributed by atoms with Gasteiger partial charge < -0.3 is 20.1 Å². The zero-order valence-electron chi connectivity index (χ0n) is 8.08. The SMILES string of the molecule is COC(=O)c1csc(C(O)C(O)CO)c1. The van der Waals surface area contributed by atoms with Crippen LogP contribution in [0.1, 0.15) is 21.3 Å². The van der Waals surface area contributed by atoms with Crippen molar-refractivity contribution in [3.63, 3.8) is 0 Å². The van der Waals surface area contributed by atoms with Crippen molar-refractivity contribution < 1.29 is 24.9 Å². The molecule has 0 bridgehead atoms. The fourth-order valence-corrected chi connectivity index (χ4v) is 1.94. The van der Waals surface area contributed by atoms with Crippen LogP contribution in [0.5, 0.6) is 0 Å². The molecule has 0 aliphatic heterocycles. The van der Waals surface area contributed by atoms with E-state index in [4.69, 9.17) is 5.11 Å². The Labute approximate surface area is 90.6 Å². The summed E-state index contributed by atoms with van der Waals surface area (Å²) in [5, 5.41) is 28.8. The second-order valence-corrected chi connectivity index (χ2v) is 3.87. The molecule has 0 saturated carbocycles. The van der Waals surface area contributed by atoms with Gasteiger partial charge in [0.2, 0.25) is 0 Å². The molecule has 1 aromatic heterocycles. The minimum absolute atomic E-state index is 0.321. The van der Waals surface area contributed by atoms with Gasteiger partial charge in [-0.1, -0.05) is 0 Å². The van der Waals surface area contributed by atoms with Crippen molar-refractivity contribution in [1.82, 2.24) is 0 Å². The lowest BCUT2D eigenvalue weighted by Gasteiger charge is -2.13. The second kappa shape index (κ2) is 5.22. The van der Waals surface area contributed by atoms with E-state index in [0.29, 0.717) is 10.4 Å². The molecule has 3 N–H and O–H groups in total. The van der Waals surface area contributed by atoms with Crippen LogP contribution in [0.4, 0.5) is 0 Å². The lowest BCUT2D eigenvalue weighted by molar-refractivity contribution is -0.0135. The third-order valence-electron chi connectivity index (χ3n) is 1.88. The molecule has 15 heavy (non-hydrogen) atoms. The Bertz CT molecular complexity index is 335. The number of aliphatic hydroxyl groups excluding tert-OH is 3. The van der Waals surface area contributed by atoms with Crippen LogP contribution >= 0.6 is 11.3 Å². The van der Waals surface area contributed by atoms with Crippen LogP contribution in [0.3, 0.4) is 0 Å². The van der Waals surface area contributed by atoms with Gasteiger partial charge in [0, 0.05) is 10.3 Å². The summed E-state index contributed by atoms with van der Waals surface area (Å²) in [5.41, 5.74) is 0.321. The zero-order valence-corrected chi connectivity index (χ0v) is 8.90. The van der Waals surface area contributed by atoms with E-state index in [9.17, 15) is 15.0 Å². The summed E-state index contributed by atoms with van der Waals surface area (Å²) < 4.78 is 4.49. The first-order valence-corrected chi connectivity index (χ1v) is 5.11. The number of hydrogen-bond acceptors (Lipinski definition) is 6. The Kier molecular flexibility index (Phi) is 4.22. The van der Waals surface area contributed by atoms with Crippen LogP contribution in [-0.4, -0.2) is 41.1 Å². The van der Waals surface area contributed by atoms with E-state index < -0.39 is 24.8 Å². The smallest absolute Gasteiger partial charge is 0.338 e. The van der Waals surface area contributed by atoms with Crippen molar-refractivity contribution in [2.45, 2.75) is 12.2 Å². The van der Waals surface area contributed by atoms with Crippen LogP contribution in [0, 0.1) is 0 Å². The second-order valence-electron chi connectivity index (χ2n) is 2.92. The number of carbonyl (C=O) groups is 1. The summed E-state index contributed by atoms with van der Waals surface area (Å²) in [5.74, 6) is -0.497.